The van der Waals surface area contributed by atoms with Gasteiger partial charge in [-0.25, -0.2) is 13.4 Å². The van der Waals surface area contributed by atoms with Crippen LogP contribution in [0.4, 0.5) is 5.69 Å². The van der Waals surface area contributed by atoms with Crippen LogP contribution in [0, 0.1) is 6.92 Å². The fourth-order valence-corrected chi connectivity index (χ4v) is 2.46. The van der Waals surface area contributed by atoms with Gasteiger partial charge in [0.25, 0.3) is 0 Å². The van der Waals surface area contributed by atoms with Gasteiger partial charge < -0.3 is 9.88 Å². The van der Waals surface area contributed by atoms with Crippen molar-refractivity contribution < 1.29 is 13.2 Å². The van der Waals surface area contributed by atoms with Gasteiger partial charge >= 0.3 is 0 Å². The minimum Gasteiger partial charge on any atom is -0.331 e. The Balaban J connectivity index is 2.12. The molecule has 0 fully saturated rings. The van der Waals surface area contributed by atoms with E-state index in [1.165, 1.54) is 0 Å². The molecule has 7 heteroatoms. The number of benzene rings is 1. The highest BCUT2D eigenvalue weighted by molar-refractivity contribution is 7.90. The molecular formula is C13H17N3O3S. The molecule has 0 bridgehead atoms. The van der Waals surface area contributed by atoms with Crippen LogP contribution in [0.5, 0.6) is 0 Å². The second kappa shape index (κ2) is 5.24. The number of carbonyl (C=O) groups is 1. The van der Waals surface area contributed by atoms with Crippen LogP contribution in [0.25, 0.3) is 11.0 Å². The summed E-state index contributed by atoms with van der Waals surface area (Å²) < 4.78 is 24.0. The van der Waals surface area contributed by atoms with Gasteiger partial charge in [0.15, 0.2) is 0 Å². The maximum absolute atomic E-state index is 11.7. The minimum absolute atomic E-state index is 0.0435. The molecule has 0 saturated carbocycles. The van der Waals surface area contributed by atoms with Gasteiger partial charge in [-0.3, -0.25) is 4.79 Å². The molecule has 1 aromatic carbocycles. The molecular weight excluding hydrogens is 278 g/mol. The molecule has 0 saturated heterocycles. The van der Waals surface area contributed by atoms with E-state index >= 15 is 0 Å². The van der Waals surface area contributed by atoms with Crippen LogP contribution < -0.4 is 5.32 Å². The number of fused-ring (bicyclic) bond motifs is 1. The molecule has 2 rings (SSSR count). The van der Waals surface area contributed by atoms with Crippen molar-refractivity contribution in [3.05, 3.63) is 24.0 Å². The summed E-state index contributed by atoms with van der Waals surface area (Å²) in [6.07, 6.45) is 1.07. The fourth-order valence-electron chi connectivity index (χ4n) is 1.90. The summed E-state index contributed by atoms with van der Waals surface area (Å²) in [6, 6.07) is 5.43. The van der Waals surface area contributed by atoms with Gasteiger partial charge in [-0.05, 0) is 25.1 Å². The summed E-state index contributed by atoms with van der Waals surface area (Å²) in [5, 5.41) is 2.68. The molecule has 1 N–H and O–H groups in total. The van der Waals surface area contributed by atoms with Crippen LogP contribution >= 0.6 is 0 Å². The zero-order chi connectivity index (χ0) is 14.9. The molecule has 0 aliphatic carbocycles. The minimum atomic E-state index is -3.12. The van der Waals surface area contributed by atoms with Crippen LogP contribution in [0.2, 0.25) is 0 Å². The number of amides is 1. The number of rotatable bonds is 4. The standard InChI is InChI=1S/C13H17N3O3S/c1-9-14-11-8-10(4-5-12(11)16(9)2)15-13(17)6-7-20(3,18)19/h4-5,8H,6-7H2,1-3H3,(H,15,17). The third-order valence-electron chi connectivity index (χ3n) is 3.09. The van der Waals surface area contributed by atoms with Gasteiger partial charge in [0, 0.05) is 25.4 Å². The van der Waals surface area contributed by atoms with Crippen molar-refractivity contribution in [1.82, 2.24) is 9.55 Å². The highest BCUT2D eigenvalue weighted by Gasteiger charge is 2.10. The van der Waals surface area contributed by atoms with Crippen molar-refractivity contribution in [1.29, 1.82) is 0 Å². The van der Waals surface area contributed by atoms with E-state index in [1.807, 2.05) is 24.6 Å². The fraction of sp³-hybridized carbons (Fsp3) is 0.385. The Labute approximate surface area is 117 Å². The Kier molecular flexibility index (Phi) is 3.80. The smallest absolute Gasteiger partial charge is 0.225 e. The van der Waals surface area contributed by atoms with E-state index in [0.29, 0.717) is 5.69 Å². The third kappa shape index (κ3) is 3.36. The summed E-state index contributed by atoms with van der Waals surface area (Å²) in [5.74, 6) is 0.423. The zero-order valence-electron chi connectivity index (χ0n) is 11.7. The van der Waals surface area contributed by atoms with Gasteiger partial charge in [-0.1, -0.05) is 0 Å². The lowest BCUT2D eigenvalue weighted by atomic mass is 10.2. The molecule has 6 nitrogen and oxygen atoms in total. The molecule has 1 aromatic heterocycles. The van der Waals surface area contributed by atoms with E-state index in [1.54, 1.807) is 12.1 Å². The molecule has 0 unspecified atom stereocenters. The van der Waals surface area contributed by atoms with E-state index in [9.17, 15) is 13.2 Å². The van der Waals surface area contributed by atoms with Gasteiger partial charge in [-0.2, -0.15) is 0 Å². The average molecular weight is 295 g/mol. The number of anilines is 1. The number of aromatic nitrogens is 2. The molecule has 0 atom stereocenters. The maximum atomic E-state index is 11.7. The van der Waals surface area contributed by atoms with E-state index in [-0.39, 0.29) is 18.1 Å². The second-order valence-corrected chi connectivity index (χ2v) is 7.11. The van der Waals surface area contributed by atoms with Crippen molar-refractivity contribution in [3.8, 4) is 0 Å². The Morgan fingerprint density at radius 2 is 2.10 bits per heavy atom. The molecule has 1 amide bonds. The number of carbonyl (C=O) groups excluding carboxylic acids is 1. The molecule has 0 aliphatic heterocycles. The van der Waals surface area contributed by atoms with Crippen molar-refractivity contribution in [2.45, 2.75) is 13.3 Å². The summed E-state index contributed by atoms with van der Waals surface area (Å²) in [7, 11) is -1.20. The number of aryl methyl sites for hydroxylation is 2. The van der Waals surface area contributed by atoms with Crippen molar-refractivity contribution in [3.63, 3.8) is 0 Å². The van der Waals surface area contributed by atoms with E-state index < -0.39 is 9.84 Å². The lowest BCUT2D eigenvalue weighted by Crippen LogP contribution is -2.16. The monoisotopic (exact) mass is 295 g/mol. The summed E-state index contributed by atoms with van der Waals surface area (Å²) in [5.41, 5.74) is 2.40. The molecule has 0 aliphatic rings. The van der Waals surface area contributed by atoms with Crippen LogP contribution in [-0.4, -0.2) is 35.9 Å². The van der Waals surface area contributed by atoms with Gasteiger partial charge in [0.05, 0.1) is 16.8 Å². The third-order valence-corrected chi connectivity index (χ3v) is 4.03. The Morgan fingerprint density at radius 3 is 2.75 bits per heavy atom. The predicted octanol–water partition coefficient (Wildman–Crippen LogP) is 1.25. The van der Waals surface area contributed by atoms with E-state index in [0.717, 1.165) is 23.1 Å². The highest BCUT2D eigenvalue weighted by Crippen LogP contribution is 2.19. The molecule has 108 valence electrons. The largest absolute Gasteiger partial charge is 0.331 e. The quantitative estimate of drug-likeness (QED) is 0.920. The number of hydrogen-bond donors (Lipinski definition) is 1. The normalized spacial score (nSPS) is 11.8. The van der Waals surface area contributed by atoms with Crippen molar-refractivity contribution in [2.75, 3.05) is 17.3 Å². The SMILES string of the molecule is Cc1nc2cc(NC(=O)CCS(C)(=O)=O)ccc2n1C. The lowest BCUT2D eigenvalue weighted by molar-refractivity contribution is -0.115. The number of hydrogen-bond acceptors (Lipinski definition) is 4. The molecule has 0 spiro atoms. The number of nitrogens with zero attached hydrogens (tertiary/aromatic N) is 2. The first kappa shape index (κ1) is 14.5. The summed E-state index contributed by atoms with van der Waals surface area (Å²) in [4.78, 5) is 16.0. The van der Waals surface area contributed by atoms with Crippen molar-refractivity contribution >= 4 is 32.5 Å². The first-order valence-electron chi connectivity index (χ1n) is 6.17. The lowest BCUT2D eigenvalue weighted by Gasteiger charge is -2.05. The topological polar surface area (TPSA) is 81.1 Å². The number of imidazole rings is 1. The predicted molar refractivity (Wildman–Crippen MR) is 78.4 cm³/mol. The Bertz CT molecular complexity index is 763. The first-order chi connectivity index (χ1) is 9.26. The van der Waals surface area contributed by atoms with E-state index in [2.05, 4.69) is 10.3 Å². The highest BCUT2D eigenvalue weighted by atomic mass is 32.2. The Morgan fingerprint density at radius 1 is 1.40 bits per heavy atom. The van der Waals surface area contributed by atoms with Gasteiger partial charge in [0.2, 0.25) is 5.91 Å². The van der Waals surface area contributed by atoms with Gasteiger partial charge in [0.1, 0.15) is 15.7 Å². The van der Waals surface area contributed by atoms with Crippen LogP contribution in [0.15, 0.2) is 18.2 Å². The molecule has 2 aromatic rings. The first-order valence-corrected chi connectivity index (χ1v) is 8.23. The van der Waals surface area contributed by atoms with Crippen molar-refractivity contribution in [2.24, 2.45) is 7.05 Å². The van der Waals surface area contributed by atoms with Crippen LogP contribution in [-0.2, 0) is 21.7 Å². The zero-order valence-corrected chi connectivity index (χ0v) is 12.5. The van der Waals surface area contributed by atoms with Crippen LogP contribution in [0.1, 0.15) is 12.2 Å². The Hall–Kier alpha value is -1.89. The van der Waals surface area contributed by atoms with Crippen LogP contribution in [0.3, 0.4) is 0 Å². The number of nitrogens with one attached hydrogen (secondary N) is 1. The molecule has 0 radical (unpaired) electrons. The maximum Gasteiger partial charge on any atom is 0.225 e. The number of sulfone groups is 1. The second-order valence-electron chi connectivity index (χ2n) is 4.85. The molecule has 1 heterocycles. The average Bonchev–Trinajstić information content (AvgIpc) is 2.61. The van der Waals surface area contributed by atoms with E-state index in [4.69, 9.17) is 0 Å². The summed E-state index contributed by atoms with van der Waals surface area (Å²) in [6.45, 7) is 1.91. The summed E-state index contributed by atoms with van der Waals surface area (Å²) >= 11 is 0. The van der Waals surface area contributed by atoms with Gasteiger partial charge in [-0.15, -0.1) is 0 Å². The molecule has 20 heavy (non-hydrogen) atoms.